The zero-order chi connectivity index (χ0) is 20.5. The second-order valence-electron chi connectivity index (χ2n) is 7.20. The summed E-state index contributed by atoms with van der Waals surface area (Å²) in [7, 11) is 0. The molecule has 3 rings (SSSR count). The molecule has 7 heteroatoms. The van der Waals surface area contributed by atoms with Crippen molar-refractivity contribution in [3.05, 3.63) is 45.5 Å². The van der Waals surface area contributed by atoms with Gasteiger partial charge in [0, 0.05) is 24.9 Å². The maximum Gasteiger partial charge on any atom is 0.189 e. The number of halogens is 2. The Morgan fingerprint density at radius 2 is 1.96 bits per heavy atom. The molecule has 1 unspecified atom stereocenters. The van der Waals surface area contributed by atoms with Gasteiger partial charge in [-0.2, -0.15) is 15.8 Å². The second-order valence-corrected chi connectivity index (χ2v) is 7.98. The normalized spacial score (nSPS) is 26.4. The summed E-state index contributed by atoms with van der Waals surface area (Å²) in [5, 5.41) is 39.1. The van der Waals surface area contributed by atoms with Gasteiger partial charge in [-0.05, 0) is 30.2 Å². The summed E-state index contributed by atoms with van der Waals surface area (Å²) in [4.78, 5) is 2.24. The third kappa shape index (κ3) is 2.99. The Hall–Kier alpha value is -2.36. The topological polar surface area (TPSA) is 98.5 Å². The first-order valence-electron chi connectivity index (χ1n) is 9.12. The fraction of sp³-hybridized carbons (Fsp3) is 0.429. The van der Waals surface area contributed by atoms with Gasteiger partial charge in [-0.1, -0.05) is 48.3 Å². The van der Waals surface area contributed by atoms with Gasteiger partial charge in [0.05, 0.1) is 34.0 Å². The summed E-state index contributed by atoms with van der Waals surface area (Å²) in [5.74, 6) is -1.81. The average molecular weight is 412 g/mol. The van der Waals surface area contributed by atoms with Crippen molar-refractivity contribution in [3.63, 3.8) is 0 Å². The van der Waals surface area contributed by atoms with E-state index in [1.165, 1.54) is 0 Å². The average Bonchev–Trinajstić information content (AvgIpc) is 2.70. The van der Waals surface area contributed by atoms with Crippen molar-refractivity contribution in [2.45, 2.75) is 19.3 Å². The number of nitriles is 3. The molecule has 2 aliphatic rings. The highest BCUT2D eigenvalue weighted by Gasteiger charge is 2.58. The fourth-order valence-corrected chi connectivity index (χ4v) is 4.90. The van der Waals surface area contributed by atoms with Gasteiger partial charge >= 0.3 is 0 Å². The van der Waals surface area contributed by atoms with E-state index >= 15 is 0 Å². The molecular formula is C21H19Cl2N5. The van der Waals surface area contributed by atoms with E-state index < -0.39 is 17.3 Å². The quantitative estimate of drug-likeness (QED) is 0.737. The van der Waals surface area contributed by atoms with Crippen LogP contribution < -0.4 is 0 Å². The molecule has 1 saturated carbocycles. The third-order valence-corrected chi connectivity index (χ3v) is 6.56. The molecule has 28 heavy (non-hydrogen) atoms. The number of benzene rings is 1. The first-order valence-corrected chi connectivity index (χ1v) is 9.88. The summed E-state index contributed by atoms with van der Waals surface area (Å²) < 4.78 is 0. The molecule has 1 aromatic carbocycles. The molecule has 1 N–H and O–H groups in total. The third-order valence-electron chi connectivity index (χ3n) is 5.72. The Balaban J connectivity index is 2.27. The van der Waals surface area contributed by atoms with E-state index in [-0.39, 0.29) is 11.6 Å². The van der Waals surface area contributed by atoms with Crippen molar-refractivity contribution in [3.8, 4) is 18.2 Å². The number of rotatable bonds is 3. The highest BCUT2D eigenvalue weighted by Crippen LogP contribution is 2.55. The lowest BCUT2D eigenvalue weighted by atomic mass is 9.54. The summed E-state index contributed by atoms with van der Waals surface area (Å²) in [6, 6.07) is 11.4. The zero-order valence-electron chi connectivity index (χ0n) is 15.4. The van der Waals surface area contributed by atoms with Crippen LogP contribution in [0.1, 0.15) is 24.8 Å². The van der Waals surface area contributed by atoms with E-state index in [0.717, 1.165) is 18.5 Å². The Labute approximate surface area is 174 Å². The number of hydrogen-bond donors (Lipinski definition) is 1. The van der Waals surface area contributed by atoms with Gasteiger partial charge in [-0.25, -0.2) is 0 Å². The van der Waals surface area contributed by atoms with Gasteiger partial charge in [0.15, 0.2) is 5.41 Å². The molecular weight excluding hydrogens is 393 g/mol. The van der Waals surface area contributed by atoms with Crippen molar-refractivity contribution in [1.82, 2.24) is 4.90 Å². The molecule has 0 saturated heterocycles. The zero-order valence-corrected chi connectivity index (χ0v) is 16.9. The van der Waals surface area contributed by atoms with Gasteiger partial charge in [-0.15, -0.1) is 0 Å². The Morgan fingerprint density at radius 1 is 1.25 bits per heavy atom. The SMILES string of the molecule is CCCN1CC=C2C(C#N)C(=N)C(C#N)(C#N)[C@@H](c3cccc(Cl)c3Cl)[C@H]2C1. The maximum atomic E-state index is 10.0. The van der Waals surface area contributed by atoms with Crippen LogP contribution in [0.5, 0.6) is 0 Å². The highest BCUT2D eigenvalue weighted by molar-refractivity contribution is 6.42. The predicted octanol–water partition coefficient (Wildman–Crippen LogP) is 4.55. The molecule has 0 spiro atoms. The molecule has 3 atom stereocenters. The first-order chi connectivity index (χ1) is 13.4. The minimum Gasteiger partial charge on any atom is -0.305 e. The van der Waals surface area contributed by atoms with Gasteiger partial charge in [0.1, 0.15) is 5.92 Å². The Kier molecular flexibility index (Phi) is 5.78. The molecule has 1 aliphatic heterocycles. The summed E-state index contributed by atoms with van der Waals surface area (Å²) in [5.41, 5.74) is -0.562. The highest BCUT2D eigenvalue weighted by atomic mass is 35.5. The molecule has 0 amide bonds. The second kappa shape index (κ2) is 7.94. The predicted molar refractivity (Wildman–Crippen MR) is 108 cm³/mol. The molecule has 142 valence electrons. The summed E-state index contributed by atoms with van der Waals surface area (Å²) in [6.07, 6.45) is 2.95. The number of nitrogens with one attached hydrogen (secondary N) is 1. The molecule has 0 radical (unpaired) electrons. The van der Waals surface area contributed by atoms with Gasteiger partial charge in [0.2, 0.25) is 0 Å². The standard InChI is InChI=1S/C21H19Cl2N5/c1-2-7-28-8-6-13-15(9-24)20(27)21(11-25,12-26)18(16(13)10-28)14-4-3-5-17(22)19(14)23/h3-6,15-16,18,27H,2,7-8,10H2,1H3/t15?,16-,18-/m0/s1. The van der Waals surface area contributed by atoms with Crippen LogP contribution in [0, 0.1) is 56.7 Å². The van der Waals surface area contributed by atoms with E-state index in [0.29, 0.717) is 28.7 Å². The summed E-state index contributed by atoms with van der Waals surface area (Å²) >= 11 is 12.7. The monoisotopic (exact) mass is 411 g/mol. The minimum absolute atomic E-state index is 0.174. The van der Waals surface area contributed by atoms with E-state index in [9.17, 15) is 15.8 Å². The molecule has 1 aliphatic carbocycles. The Bertz CT molecular complexity index is 948. The number of nitrogens with zero attached hydrogens (tertiary/aromatic N) is 4. The number of fused-ring (bicyclic) bond motifs is 1. The van der Waals surface area contributed by atoms with E-state index in [1.54, 1.807) is 18.2 Å². The summed E-state index contributed by atoms with van der Waals surface area (Å²) in [6.45, 7) is 4.25. The van der Waals surface area contributed by atoms with Gasteiger partial charge < -0.3 is 5.41 Å². The lowest BCUT2D eigenvalue weighted by Gasteiger charge is -2.48. The van der Waals surface area contributed by atoms with Gasteiger partial charge in [0.25, 0.3) is 0 Å². The van der Waals surface area contributed by atoms with E-state index in [2.05, 4.69) is 30.0 Å². The molecule has 1 fully saturated rings. The van der Waals surface area contributed by atoms with Crippen LogP contribution >= 0.6 is 23.2 Å². The van der Waals surface area contributed by atoms with Crippen molar-refractivity contribution in [1.29, 1.82) is 21.2 Å². The van der Waals surface area contributed by atoms with Crippen molar-refractivity contribution < 1.29 is 0 Å². The maximum absolute atomic E-state index is 10.0. The van der Waals surface area contributed by atoms with Crippen LogP contribution in [0.15, 0.2) is 29.8 Å². The van der Waals surface area contributed by atoms with Crippen LogP contribution in [-0.4, -0.2) is 30.2 Å². The lowest BCUT2D eigenvalue weighted by Crippen LogP contribution is -2.53. The smallest absolute Gasteiger partial charge is 0.189 e. The van der Waals surface area contributed by atoms with Gasteiger partial charge in [-0.3, -0.25) is 4.90 Å². The van der Waals surface area contributed by atoms with E-state index in [4.69, 9.17) is 28.6 Å². The van der Waals surface area contributed by atoms with Crippen LogP contribution in [0.4, 0.5) is 0 Å². The number of hydrogen-bond acceptors (Lipinski definition) is 5. The largest absolute Gasteiger partial charge is 0.305 e. The minimum atomic E-state index is -1.77. The van der Waals surface area contributed by atoms with Crippen molar-refractivity contribution >= 4 is 28.9 Å². The molecule has 0 aromatic heterocycles. The molecule has 1 aromatic rings. The fourth-order valence-electron chi connectivity index (χ4n) is 4.47. The molecule has 1 heterocycles. The molecule has 5 nitrogen and oxygen atoms in total. The van der Waals surface area contributed by atoms with Crippen molar-refractivity contribution in [2.75, 3.05) is 19.6 Å². The molecule has 0 bridgehead atoms. The van der Waals surface area contributed by atoms with Crippen LogP contribution in [0.25, 0.3) is 0 Å². The lowest BCUT2D eigenvalue weighted by molar-refractivity contribution is 0.204. The van der Waals surface area contributed by atoms with Crippen LogP contribution in [-0.2, 0) is 0 Å². The van der Waals surface area contributed by atoms with Crippen LogP contribution in [0.3, 0.4) is 0 Å². The Morgan fingerprint density at radius 3 is 2.57 bits per heavy atom. The van der Waals surface area contributed by atoms with Crippen molar-refractivity contribution in [2.24, 2.45) is 17.3 Å². The van der Waals surface area contributed by atoms with Crippen LogP contribution in [0.2, 0.25) is 10.0 Å². The first kappa shape index (κ1) is 20.4. The van der Waals surface area contributed by atoms with E-state index in [1.807, 2.05) is 6.08 Å².